The number of carbonyl (C=O) groups is 1. The molecule has 0 unspecified atom stereocenters. The molecule has 0 spiro atoms. The van der Waals surface area contributed by atoms with Gasteiger partial charge >= 0.3 is 5.69 Å². The summed E-state index contributed by atoms with van der Waals surface area (Å²) in [5.41, 5.74) is 0.723. The summed E-state index contributed by atoms with van der Waals surface area (Å²) in [4.78, 5) is 24.1. The summed E-state index contributed by atoms with van der Waals surface area (Å²) in [6, 6.07) is 7.69. The van der Waals surface area contributed by atoms with E-state index in [2.05, 4.69) is 10.4 Å². The van der Waals surface area contributed by atoms with Gasteiger partial charge in [-0.15, -0.1) is 5.10 Å². The van der Waals surface area contributed by atoms with E-state index in [1.165, 1.54) is 11.8 Å². The minimum Gasteiger partial charge on any atom is -0.497 e. The van der Waals surface area contributed by atoms with Crippen LogP contribution in [0.25, 0.3) is 11.4 Å². The van der Waals surface area contributed by atoms with Crippen molar-refractivity contribution >= 4 is 5.91 Å². The second kappa shape index (κ2) is 7.52. The number of nitrogens with zero attached hydrogens (tertiary/aromatic N) is 3. The van der Waals surface area contributed by atoms with Gasteiger partial charge < -0.3 is 14.8 Å². The van der Waals surface area contributed by atoms with Gasteiger partial charge in [-0.05, 0) is 37.1 Å². The second-order valence-electron chi connectivity index (χ2n) is 5.94. The third kappa shape index (κ3) is 3.90. The first-order valence-electron chi connectivity index (χ1n) is 8.23. The van der Waals surface area contributed by atoms with Crippen LogP contribution in [0.3, 0.4) is 0 Å². The SMILES string of the molecule is COCC(=O)NCCn1nc(-c2ccc(OC)cc2)n(C2CC2)c1=O. The molecule has 2 aromatic rings. The van der Waals surface area contributed by atoms with Gasteiger partial charge in [-0.25, -0.2) is 9.48 Å². The predicted octanol–water partition coefficient (Wildman–Crippen LogP) is 0.818. The number of aromatic nitrogens is 3. The maximum Gasteiger partial charge on any atom is 0.346 e. The van der Waals surface area contributed by atoms with E-state index in [9.17, 15) is 9.59 Å². The first kappa shape index (κ1) is 17.2. The van der Waals surface area contributed by atoms with E-state index < -0.39 is 0 Å². The van der Waals surface area contributed by atoms with Gasteiger partial charge in [-0.3, -0.25) is 9.36 Å². The molecule has 1 saturated carbocycles. The molecular formula is C17H22N4O4. The number of carbonyl (C=O) groups excluding carboxylic acids is 1. The molecule has 0 aliphatic heterocycles. The fourth-order valence-corrected chi connectivity index (χ4v) is 2.65. The quantitative estimate of drug-likeness (QED) is 0.765. The van der Waals surface area contributed by atoms with Crippen LogP contribution in [0.15, 0.2) is 29.1 Å². The number of rotatable bonds is 8. The highest BCUT2D eigenvalue weighted by Crippen LogP contribution is 2.36. The summed E-state index contributed by atoms with van der Waals surface area (Å²) in [5.74, 6) is 1.19. The smallest absolute Gasteiger partial charge is 0.346 e. The van der Waals surface area contributed by atoms with Crippen molar-refractivity contribution in [3.8, 4) is 17.1 Å². The monoisotopic (exact) mass is 346 g/mol. The zero-order valence-corrected chi connectivity index (χ0v) is 14.4. The number of hydrogen-bond acceptors (Lipinski definition) is 5. The standard InChI is InChI=1S/C17H22N4O4/c1-24-11-15(22)18-9-10-20-17(23)21(13-5-6-13)16(19-20)12-3-7-14(25-2)8-4-12/h3-4,7-8,13H,5-6,9-11H2,1-2H3,(H,18,22). The second-order valence-corrected chi connectivity index (χ2v) is 5.94. The van der Waals surface area contributed by atoms with Gasteiger partial charge in [0.1, 0.15) is 12.4 Å². The van der Waals surface area contributed by atoms with E-state index >= 15 is 0 Å². The Kier molecular flexibility index (Phi) is 5.18. The lowest BCUT2D eigenvalue weighted by Gasteiger charge is -2.04. The molecule has 0 atom stereocenters. The molecule has 1 amide bonds. The van der Waals surface area contributed by atoms with Crippen LogP contribution < -0.4 is 15.7 Å². The van der Waals surface area contributed by atoms with Crippen molar-refractivity contribution < 1.29 is 14.3 Å². The first-order chi connectivity index (χ1) is 12.1. The Bertz CT molecular complexity index is 790. The van der Waals surface area contributed by atoms with Crippen molar-refractivity contribution in [2.45, 2.75) is 25.4 Å². The molecule has 1 aromatic heterocycles. The Morgan fingerprint density at radius 1 is 1.28 bits per heavy atom. The predicted molar refractivity (Wildman–Crippen MR) is 91.6 cm³/mol. The van der Waals surface area contributed by atoms with E-state index in [0.29, 0.717) is 18.9 Å². The maximum atomic E-state index is 12.7. The van der Waals surface area contributed by atoms with E-state index in [0.717, 1.165) is 24.2 Å². The van der Waals surface area contributed by atoms with Crippen molar-refractivity contribution in [3.05, 3.63) is 34.7 Å². The summed E-state index contributed by atoms with van der Waals surface area (Å²) >= 11 is 0. The van der Waals surface area contributed by atoms with E-state index in [-0.39, 0.29) is 24.2 Å². The zero-order chi connectivity index (χ0) is 17.8. The number of amides is 1. The first-order valence-corrected chi connectivity index (χ1v) is 8.23. The molecule has 134 valence electrons. The summed E-state index contributed by atoms with van der Waals surface area (Å²) < 4.78 is 13.1. The van der Waals surface area contributed by atoms with E-state index in [4.69, 9.17) is 9.47 Å². The highest BCUT2D eigenvalue weighted by molar-refractivity contribution is 5.77. The van der Waals surface area contributed by atoms with Crippen molar-refractivity contribution in [1.29, 1.82) is 0 Å². The van der Waals surface area contributed by atoms with Gasteiger partial charge in [0, 0.05) is 25.3 Å². The molecule has 0 bridgehead atoms. The maximum absolute atomic E-state index is 12.7. The van der Waals surface area contributed by atoms with Gasteiger partial charge in [-0.1, -0.05) is 0 Å². The minimum absolute atomic E-state index is 0.00249. The Hall–Kier alpha value is -2.61. The number of benzene rings is 1. The summed E-state index contributed by atoms with van der Waals surface area (Å²) in [6.45, 7) is 0.644. The average molecular weight is 346 g/mol. The molecule has 1 fully saturated rings. The molecule has 25 heavy (non-hydrogen) atoms. The van der Waals surface area contributed by atoms with Gasteiger partial charge in [0.2, 0.25) is 5.91 Å². The largest absolute Gasteiger partial charge is 0.497 e. The lowest BCUT2D eigenvalue weighted by molar-refractivity contribution is -0.124. The van der Waals surface area contributed by atoms with Crippen molar-refractivity contribution in [3.63, 3.8) is 0 Å². The van der Waals surface area contributed by atoms with Gasteiger partial charge in [0.05, 0.1) is 13.7 Å². The van der Waals surface area contributed by atoms with Crippen LogP contribution in [0.4, 0.5) is 0 Å². The van der Waals surface area contributed by atoms with Crippen LogP contribution in [-0.4, -0.2) is 47.6 Å². The minimum atomic E-state index is -0.215. The Morgan fingerprint density at radius 3 is 2.60 bits per heavy atom. The van der Waals surface area contributed by atoms with Gasteiger partial charge in [-0.2, -0.15) is 0 Å². The topological polar surface area (TPSA) is 87.4 Å². The molecule has 0 radical (unpaired) electrons. The molecule has 1 N–H and O–H groups in total. The molecule has 1 aromatic carbocycles. The van der Waals surface area contributed by atoms with E-state index in [1.54, 1.807) is 11.7 Å². The van der Waals surface area contributed by atoms with Crippen molar-refractivity contribution in [2.24, 2.45) is 0 Å². The Morgan fingerprint density at radius 2 is 2.00 bits per heavy atom. The lowest BCUT2D eigenvalue weighted by atomic mass is 10.2. The van der Waals surface area contributed by atoms with Crippen LogP contribution in [0.1, 0.15) is 18.9 Å². The molecular weight excluding hydrogens is 324 g/mol. The fraction of sp³-hybridized carbons (Fsp3) is 0.471. The van der Waals surface area contributed by atoms with Crippen molar-refractivity contribution in [2.75, 3.05) is 27.4 Å². The summed E-state index contributed by atoms with van der Waals surface area (Å²) in [6.07, 6.45) is 1.97. The summed E-state index contributed by atoms with van der Waals surface area (Å²) in [5, 5.41) is 7.18. The fourth-order valence-electron chi connectivity index (χ4n) is 2.65. The number of ether oxygens (including phenoxy) is 2. The molecule has 3 rings (SSSR count). The third-order valence-electron chi connectivity index (χ3n) is 4.05. The number of methoxy groups -OCH3 is 2. The van der Waals surface area contributed by atoms with Crippen LogP contribution >= 0.6 is 0 Å². The third-order valence-corrected chi connectivity index (χ3v) is 4.05. The van der Waals surface area contributed by atoms with Gasteiger partial charge in [0.15, 0.2) is 5.82 Å². The zero-order valence-electron chi connectivity index (χ0n) is 14.4. The highest BCUT2D eigenvalue weighted by Gasteiger charge is 2.30. The average Bonchev–Trinajstić information content (AvgIpc) is 3.40. The van der Waals surface area contributed by atoms with Crippen molar-refractivity contribution in [1.82, 2.24) is 19.7 Å². The molecule has 1 aliphatic rings. The number of nitrogens with one attached hydrogen (secondary N) is 1. The van der Waals surface area contributed by atoms with Crippen LogP contribution in [0.2, 0.25) is 0 Å². The molecule has 0 saturated heterocycles. The number of hydrogen-bond donors (Lipinski definition) is 1. The summed E-state index contributed by atoms with van der Waals surface area (Å²) in [7, 11) is 3.07. The van der Waals surface area contributed by atoms with Gasteiger partial charge in [0.25, 0.3) is 0 Å². The lowest BCUT2D eigenvalue weighted by Crippen LogP contribution is -2.33. The van der Waals surface area contributed by atoms with Crippen LogP contribution in [-0.2, 0) is 16.1 Å². The van der Waals surface area contributed by atoms with E-state index in [1.807, 2.05) is 24.3 Å². The highest BCUT2D eigenvalue weighted by atomic mass is 16.5. The Balaban J connectivity index is 1.81. The molecule has 1 heterocycles. The molecule has 8 nitrogen and oxygen atoms in total. The molecule has 8 heteroatoms. The Labute approximate surface area is 145 Å². The van der Waals surface area contributed by atoms with Crippen LogP contribution in [0, 0.1) is 0 Å². The normalized spacial score (nSPS) is 13.7. The van der Waals surface area contributed by atoms with Crippen LogP contribution in [0.5, 0.6) is 5.75 Å². The molecule has 1 aliphatic carbocycles.